The van der Waals surface area contributed by atoms with Gasteiger partial charge in [-0.2, -0.15) is 0 Å². The van der Waals surface area contributed by atoms with Gasteiger partial charge in [0, 0.05) is 18.0 Å². The van der Waals surface area contributed by atoms with E-state index in [2.05, 4.69) is 22.5 Å². The van der Waals surface area contributed by atoms with Crippen LogP contribution in [0.2, 0.25) is 0 Å². The standard InChI is InChI=1S/C26H29N3O3S/c1-3-29-13-12-19-22(15-29)33-26-23(19)25(30)27-24(28-26)18-10-11-20(21(14-18)31-4-2)32-16-17-8-6-5-7-9-17/h5-11,14,24,28H,3-4,12-13,15-16H2,1-2H3,(H,27,30)/t24-/m1/s1. The fraction of sp³-hybridized carbons (Fsp3) is 0.346. The van der Waals surface area contributed by atoms with Crippen molar-refractivity contribution in [3.8, 4) is 11.5 Å². The summed E-state index contributed by atoms with van der Waals surface area (Å²) in [5.41, 5.74) is 4.07. The van der Waals surface area contributed by atoms with Gasteiger partial charge in [-0.1, -0.05) is 43.3 Å². The molecule has 2 N–H and O–H groups in total. The fourth-order valence-electron chi connectivity index (χ4n) is 4.43. The van der Waals surface area contributed by atoms with Gasteiger partial charge in [-0.3, -0.25) is 9.69 Å². The first-order valence-corrected chi connectivity index (χ1v) is 12.4. The Kier molecular flexibility index (Phi) is 6.24. The number of nitrogens with one attached hydrogen (secondary N) is 2. The van der Waals surface area contributed by atoms with Gasteiger partial charge in [0.25, 0.3) is 5.91 Å². The maximum Gasteiger partial charge on any atom is 0.256 e. The van der Waals surface area contributed by atoms with E-state index in [1.165, 1.54) is 10.4 Å². The van der Waals surface area contributed by atoms with Crippen LogP contribution in [0.1, 0.15) is 51.9 Å². The van der Waals surface area contributed by atoms with E-state index in [4.69, 9.17) is 9.47 Å². The Morgan fingerprint density at radius 3 is 2.70 bits per heavy atom. The highest BCUT2D eigenvalue weighted by atomic mass is 32.1. The van der Waals surface area contributed by atoms with Crippen LogP contribution in [-0.4, -0.2) is 30.5 Å². The Morgan fingerprint density at radius 1 is 1.06 bits per heavy atom. The van der Waals surface area contributed by atoms with Crippen molar-refractivity contribution >= 4 is 22.2 Å². The molecular weight excluding hydrogens is 434 g/mol. The van der Waals surface area contributed by atoms with Gasteiger partial charge in [0.2, 0.25) is 0 Å². The zero-order chi connectivity index (χ0) is 22.8. The van der Waals surface area contributed by atoms with Gasteiger partial charge in [0.05, 0.1) is 12.2 Å². The second-order valence-corrected chi connectivity index (χ2v) is 9.40. The Balaban J connectivity index is 1.37. The number of carbonyl (C=O) groups is 1. The summed E-state index contributed by atoms with van der Waals surface area (Å²) < 4.78 is 11.9. The monoisotopic (exact) mass is 463 g/mol. The highest BCUT2D eigenvalue weighted by molar-refractivity contribution is 7.16. The number of anilines is 1. The molecule has 1 atom stereocenters. The Morgan fingerprint density at radius 2 is 1.91 bits per heavy atom. The first-order chi connectivity index (χ1) is 16.2. The van der Waals surface area contributed by atoms with E-state index in [0.29, 0.717) is 24.7 Å². The van der Waals surface area contributed by atoms with E-state index in [1.807, 2.05) is 55.5 Å². The number of hydrogen-bond acceptors (Lipinski definition) is 6. The smallest absolute Gasteiger partial charge is 0.256 e. The third kappa shape index (κ3) is 4.43. The van der Waals surface area contributed by atoms with Crippen molar-refractivity contribution in [1.82, 2.24) is 10.2 Å². The first kappa shape index (κ1) is 21.8. The maximum absolute atomic E-state index is 13.1. The van der Waals surface area contributed by atoms with Crippen LogP contribution in [0.4, 0.5) is 5.00 Å². The predicted octanol–water partition coefficient (Wildman–Crippen LogP) is 4.96. The summed E-state index contributed by atoms with van der Waals surface area (Å²) in [5.74, 6) is 1.37. The minimum atomic E-state index is -0.310. The number of likely N-dealkylation sites (N-methyl/N-ethyl adjacent to an activating group) is 1. The van der Waals surface area contributed by atoms with Gasteiger partial charge in [-0.05, 0) is 48.7 Å². The van der Waals surface area contributed by atoms with Crippen LogP contribution in [-0.2, 0) is 19.6 Å². The third-order valence-electron chi connectivity index (χ3n) is 6.20. The molecule has 2 aliphatic heterocycles. The van der Waals surface area contributed by atoms with E-state index >= 15 is 0 Å². The zero-order valence-corrected chi connectivity index (χ0v) is 19.8. The van der Waals surface area contributed by atoms with Gasteiger partial charge in [0.1, 0.15) is 17.8 Å². The number of amides is 1. The summed E-state index contributed by atoms with van der Waals surface area (Å²) in [6, 6.07) is 15.9. The second kappa shape index (κ2) is 9.45. The van der Waals surface area contributed by atoms with Crippen LogP contribution in [0, 0.1) is 0 Å². The van der Waals surface area contributed by atoms with Gasteiger partial charge < -0.3 is 20.1 Å². The van der Waals surface area contributed by atoms with Gasteiger partial charge >= 0.3 is 0 Å². The molecule has 0 spiro atoms. The summed E-state index contributed by atoms with van der Waals surface area (Å²) in [6.45, 7) is 8.10. The number of hydrogen-bond donors (Lipinski definition) is 2. The Labute approximate surface area is 198 Å². The van der Waals surface area contributed by atoms with Crippen molar-refractivity contribution in [2.24, 2.45) is 0 Å². The molecule has 0 unspecified atom stereocenters. The van der Waals surface area contributed by atoms with Crippen molar-refractivity contribution in [2.45, 2.75) is 39.6 Å². The highest BCUT2D eigenvalue weighted by Gasteiger charge is 2.33. The Hall–Kier alpha value is -3.03. The maximum atomic E-state index is 13.1. The predicted molar refractivity (Wildman–Crippen MR) is 131 cm³/mol. The number of benzene rings is 2. The number of thiophene rings is 1. The SMILES string of the molecule is CCOc1cc([C@@H]2NC(=O)c3c(sc4c3CCN(CC)C4)N2)ccc1OCc1ccccc1. The summed E-state index contributed by atoms with van der Waals surface area (Å²) in [7, 11) is 0. The van der Waals surface area contributed by atoms with Gasteiger partial charge in [-0.15, -0.1) is 11.3 Å². The Bertz CT molecular complexity index is 1150. The summed E-state index contributed by atoms with van der Waals surface area (Å²) in [5, 5.41) is 7.66. The molecule has 7 heteroatoms. The fourth-order valence-corrected chi connectivity index (χ4v) is 5.75. The van der Waals surface area contributed by atoms with Crippen LogP contribution in [0.15, 0.2) is 48.5 Å². The molecule has 0 fully saturated rings. The van der Waals surface area contributed by atoms with E-state index in [-0.39, 0.29) is 12.1 Å². The van der Waals surface area contributed by atoms with Crippen LogP contribution in [0.25, 0.3) is 0 Å². The van der Waals surface area contributed by atoms with Crippen molar-refractivity contribution in [1.29, 1.82) is 0 Å². The molecule has 5 rings (SSSR count). The van der Waals surface area contributed by atoms with Gasteiger partial charge in [-0.25, -0.2) is 0 Å². The van der Waals surface area contributed by atoms with Crippen LogP contribution in [0.5, 0.6) is 11.5 Å². The molecule has 0 radical (unpaired) electrons. The zero-order valence-electron chi connectivity index (χ0n) is 19.0. The lowest BCUT2D eigenvalue weighted by Crippen LogP contribution is -2.38. The third-order valence-corrected chi connectivity index (χ3v) is 7.35. The van der Waals surface area contributed by atoms with Crippen molar-refractivity contribution in [3.05, 3.63) is 75.7 Å². The van der Waals surface area contributed by atoms with Gasteiger partial charge in [0.15, 0.2) is 11.5 Å². The molecule has 33 heavy (non-hydrogen) atoms. The summed E-state index contributed by atoms with van der Waals surface area (Å²) >= 11 is 1.71. The summed E-state index contributed by atoms with van der Waals surface area (Å²) in [6.07, 6.45) is 0.617. The largest absolute Gasteiger partial charge is 0.490 e. The lowest BCUT2D eigenvalue weighted by Gasteiger charge is -2.28. The first-order valence-electron chi connectivity index (χ1n) is 11.5. The molecular formula is C26H29N3O3S. The quantitative estimate of drug-likeness (QED) is 0.519. The summed E-state index contributed by atoms with van der Waals surface area (Å²) in [4.78, 5) is 16.8. The second-order valence-electron chi connectivity index (χ2n) is 8.29. The topological polar surface area (TPSA) is 62.8 Å². The van der Waals surface area contributed by atoms with Crippen LogP contribution < -0.4 is 20.1 Å². The molecule has 1 amide bonds. The number of rotatable bonds is 7. The molecule has 3 heterocycles. The molecule has 3 aromatic rings. The average Bonchev–Trinajstić information content (AvgIpc) is 3.22. The minimum Gasteiger partial charge on any atom is -0.490 e. The average molecular weight is 464 g/mol. The number of carbonyl (C=O) groups excluding carboxylic acids is 1. The number of fused-ring (bicyclic) bond motifs is 3. The van der Waals surface area contributed by atoms with E-state index in [9.17, 15) is 4.79 Å². The number of ether oxygens (including phenoxy) is 2. The molecule has 0 bridgehead atoms. The number of nitrogens with zero attached hydrogens (tertiary/aromatic N) is 1. The van der Waals surface area contributed by atoms with Crippen LogP contribution >= 0.6 is 11.3 Å². The molecule has 2 aliphatic rings. The molecule has 1 aromatic heterocycles. The highest BCUT2D eigenvalue weighted by Crippen LogP contribution is 2.41. The minimum absolute atomic E-state index is 0.00133. The van der Waals surface area contributed by atoms with Crippen LogP contribution in [0.3, 0.4) is 0 Å². The lowest BCUT2D eigenvalue weighted by atomic mass is 10.0. The van der Waals surface area contributed by atoms with Crippen molar-refractivity contribution < 1.29 is 14.3 Å². The molecule has 172 valence electrons. The van der Waals surface area contributed by atoms with E-state index < -0.39 is 0 Å². The normalized spacial score (nSPS) is 17.5. The van der Waals surface area contributed by atoms with E-state index in [1.54, 1.807) is 11.3 Å². The molecule has 0 saturated heterocycles. The molecule has 2 aromatic carbocycles. The molecule has 0 saturated carbocycles. The van der Waals surface area contributed by atoms with Crippen molar-refractivity contribution in [2.75, 3.05) is 25.0 Å². The van der Waals surface area contributed by atoms with Crippen molar-refractivity contribution in [3.63, 3.8) is 0 Å². The molecule has 6 nitrogen and oxygen atoms in total. The van der Waals surface area contributed by atoms with E-state index in [0.717, 1.165) is 47.7 Å². The molecule has 0 aliphatic carbocycles. The lowest BCUT2D eigenvalue weighted by molar-refractivity contribution is 0.0934.